The van der Waals surface area contributed by atoms with Crippen molar-refractivity contribution in [1.82, 2.24) is 9.97 Å². The summed E-state index contributed by atoms with van der Waals surface area (Å²) in [7, 11) is 0. The van der Waals surface area contributed by atoms with Crippen LogP contribution in [0.3, 0.4) is 0 Å². The number of fused-ring (bicyclic) bond motifs is 2. The maximum Gasteiger partial charge on any atom is 0.170 e. The number of hydrogen-bond acceptors (Lipinski definition) is 4. The van der Waals surface area contributed by atoms with E-state index < -0.39 is 5.60 Å². The number of halogens is 1. The highest BCUT2D eigenvalue weighted by molar-refractivity contribution is 5.88. The van der Waals surface area contributed by atoms with Crippen LogP contribution in [0, 0.1) is 35.9 Å². The van der Waals surface area contributed by atoms with E-state index in [1.54, 1.807) is 43.6 Å². The first kappa shape index (κ1) is 21.7. The highest BCUT2D eigenvalue weighted by atomic mass is 19.1. The second-order valence-electron chi connectivity index (χ2n) is 9.85. The number of aliphatic hydroxyl groups is 1. The van der Waals surface area contributed by atoms with Gasteiger partial charge in [0.15, 0.2) is 5.78 Å². The molecule has 2 fully saturated rings. The summed E-state index contributed by atoms with van der Waals surface area (Å²) < 4.78 is 13.9. The highest BCUT2D eigenvalue weighted by Crippen LogP contribution is 2.55. The average molecular weight is 443 g/mol. The van der Waals surface area contributed by atoms with E-state index in [0.29, 0.717) is 29.0 Å². The Morgan fingerprint density at radius 2 is 1.91 bits per heavy atom. The molecule has 5 atom stereocenters. The predicted octanol–water partition coefficient (Wildman–Crippen LogP) is 4.83. The molecular weight excluding hydrogens is 415 g/mol. The molecule has 0 aliphatic heterocycles. The zero-order chi connectivity index (χ0) is 23.2. The minimum absolute atomic E-state index is 0.0578. The minimum Gasteiger partial charge on any atom is -0.382 e. The SMILES string of the molecule is C#Cc1ccc(CC(=O)C(C)(O)C2C[C@H]3CC(c4ccnc5ccc(F)cc45)C[C@H]3C2)nc1. The maximum absolute atomic E-state index is 13.9. The van der Waals surface area contributed by atoms with E-state index in [1.165, 1.54) is 6.07 Å². The molecule has 3 unspecified atom stereocenters. The first-order chi connectivity index (χ1) is 15.8. The molecule has 5 heteroatoms. The Balaban J connectivity index is 1.27. The summed E-state index contributed by atoms with van der Waals surface area (Å²) in [6, 6.07) is 10.3. The van der Waals surface area contributed by atoms with Crippen LogP contribution in [-0.2, 0) is 11.2 Å². The third-order valence-electron chi connectivity index (χ3n) is 7.89. The fraction of sp³-hybridized carbons (Fsp3) is 0.393. The molecule has 1 aromatic carbocycles. The fourth-order valence-corrected chi connectivity index (χ4v) is 6.01. The molecule has 0 amide bonds. The molecule has 168 valence electrons. The van der Waals surface area contributed by atoms with Crippen LogP contribution in [0.2, 0.25) is 0 Å². The summed E-state index contributed by atoms with van der Waals surface area (Å²) in [5.41, 5.74) is 1.89. The van der Waals surface area contributed by atoms with Gasteiger partial charge >= 0.3 is 0 Å². The lowest BCUT2D eigenvalue weighted by molar-refractivity contribution is -0.140. The number of Topliss-reactive ketones (excluding diaryl/α,β-unsaturated/α-hetero) is 1. The van der Waals surface area contributed by atoms with Crippen molar-refractivity contribution < 1.29 is 14.3 Å². The zero-order valence-electron chi connectivity index (χ0n) is 18.7. The third kappa shape index (κ3) is 4.05. The third-order valence-corrected chi connectivity index (χ3v) is 7.89. The Morgan fingerprint density at radius 3 is 2.58 bits per heavy atom. The molecule has 0 radical (unpaired) electrons. The molecular formula is C28H27FN2O2. The first-order valence-corrected chi connectivity index (χ1v) is 11.6. The van der Waals surface area contributed by atoms with E-state index in [9.17, 15) is 14.3 Å². The van der Waals surface area contributed by atoms with Gasteiger partial charge in [0.05, 0.1) is 11.9 Å². The van der Waals surface area contributed by atoms with E-state index in [1.807, 2.05) is 6.07 Å². The monoisotopic (exact) mass is 442 g/mol. The first-order valence-electron chi connectivity index (χ1n) is 11.6. The van der Waals surface area contributed by atoms with Gasteiger partial charge in [-0.05, 0) is 98.2 Å². The van der Waals surface area contributed by atoms with Crippen LogP contribution in [0.15, 0.2) is 48.8 Å². The van der Waals surface area contributed by atoms with Gasteiger partial charge in [0.25, 0.3) is 0 Å². The quantitative estimate of drug-likeness (QED) is 0.575. The predicted molar refractivity (Wildman–Crippen MR) is 125 cm³/mol. The van der Waals surface area contributed by atoms with E-state index >= 15 is 0 Å². The van der Waals surface area contributed by atoms with Crippen molar-refractivity contribution in [3.05, 3.63) is 71.4 Å². The van der Waals surface area contributed by atoms with Crippen molar-refractivity contribution in [3.8, 4) is 12.3 Å². The van der Waals surface area contributed by atoms with Crippen molar-refractivity contribution in [2.24, 2.45) is 17.8 Å². The van der Waals surface area contributed by atoms with Gasteiger partial charge in [-0.15, -0.1) is 6.42 Å². The summed E-state index contributed by atoms with van der Waals surface area (Å²) >= 11 is 0. The largest absolute Gasteiger partial charge is 0.382 e. The molecule has 5 rings (SSSR count). The Labute approximate surface area is 193 Å². The number of carbonyl (C=O) groups excluding carboxylic acids is 1. The van der Waals surface area contributed by atoms with E-state index in [4.69, 9.17) is 6.42 Å². The van der Waals surface area contributed by atoms with Crippen molar-refractivity contribution in [3.63, 3.8) is 0 Å². The number of nitrogens with zero attached hydrogens (tertiary/aromatic N) is 2. The second kappa shape index (κ2) is 8.35. The van der Waals surface area contributed by atoms with Crippen LogP contribution in [0.25, 0.3) is 10.9 Å². The summed E-state index contributed by atoms with van der Waals surface area (Å²) in [6.45, 7) is 1.66. The Kier molecular flexibility index (Phi) is 5.50. The number of pyridine rings is 2. The van der Waals surface area contributed by atoms with Crippen LogP contribution in [0.1, 0.15) is 55.3 Å². The molecule has 33 heavy (non-hydrogen) atoms. The number of aromatic nitrogens is 2. The highest BCUT2D eigenvalue weighted by Gasteiger charge is 2.50. The Morgan fingerprint density at radius 1 is 1.15 bits per heavy atom. The molecule has 2 saturated carbocycles. The number of hydrogen-bond donors (Lipinski definition) is 1. The summed E-state index contributed by atoms with van der Waals surface area (Å²) in [6.07, 6.45) is 12.5. The Hall–Kier alpha value is -3.10. The second-order valence-corrected chi connectivity index (χ2v) is 9.85. The van der Waals surface area contributed by atoms with Crippen molar-refractivity contribution in [2.75, 3.05) is 0 Å². The van der Waals surface area contributed by atoms with Crippen LogP contribution in [-0.4, -0.2) is 26.5 Å². The normalized spacial score (nSPS) is 26.0. The topological polar surface area (TPSA) is 63.1 Å². The van der Waals surface area contributed by atoms with Crippen LogP contribution < -0.4 is 0 Å². The van der Waals surface area contributed by atoms with Gasteiger partial charge in [-0.25, -0.2) is 4.39 Å². The number of carbonyl (C=O) groups is 1. The molecule has 0 saturated heterocycles. The smallest absolute Gasteiger partial charge is 0.170 e. The molecule has 2 heterocycles. The summed E-state index contributed by atoms with van der Waals surface area (Å²) in [5, 5.41) is 12.1. The summed E-state index contributed by atoms with van der Waals surface area (Å²) in [4.78, 5) is 21.6. The van der Waals surface area contributed by atoms with Crippen molar-refractivity contribution in [2.45, 2.75) is 50.5 Å². The summed E-state index contributed by atoms with van der Waals surface area (Å²) in [5.74, 6) is 3.30. The lowest BCUT2D eigenvalue weighted by Gasteiger charge is -2.30. The van der Waals surface area contributed by atoms with E-state index in [-0.39, 0.29) is 23.9 Å². The number of ketones is 1. The van der Waals surface area contributed by atoms with Gasteiger partial charge in [0, 0.05) is 29.0 Å². The molecule has 4 nitrogen and oxygen atoms in total. The van der Waals surface area contributed by atoms with Gasteiger partial charge in [-0.2, -0.15) is 0 Å². The van der Waals surface area contributed by atoms with Crippen LogP contribution in [0.4, 0.5) is 4.39 Å². The lowest BCUT2D eigenvalue weighted by atomic mass is 9.80. The number of rotatable bonds is 5. The lowest BCUT2D eigenvalue weighted by Crippen LogP contribution is -2.43. The molecule has 0 spiro atoms. The van der Waals surface area contributed by atoms with Crippen molar-refractivity contribution in [1.29, 1.82) is 0 Å². The molecule has 0 bridgehead atoms. The Bertz CT molecular complexity index is 1230. The van der Waals surface area contributed by atoms with Crippen molar-refractivity contribution >= 4 is 16.7 Å². The fourth-order valence-electron chi connectivity index (χ4n) is 6.01. The van der Waals surface area contributed by atoms with Gasteiger partial charge in [0.1, 0.15) is 11.4 Å². The standard InChI is InChI=1S/C28H27FN2O2/c1-3-17-4-6-23(31-16-17)15-27(32)28(2,33)21-12-18-10-20(11-19(18)13-21)24-8-9-30-26-7-5-22(29)14-25(24)26/h1,4-9,14,16,18-21,33H,10-13,15H2,2H3/t18-,19+,20?,21?,28?. The van der Waals surface area contributed by atoms with Gasteiger partial charge in [0.2, 0.25) is 0 Å². The van der Waals surface area contributed by atoms with Crippen LogP contribution in [0.5, 0.6) is 0 Å². The van der Waals surface area contributed by atoms with Gasteiger partial charge < -0.3 is 5.11 Å². The average Bonchev–Trinajstić information content (AvgIpc) is 3.39. The van der Waals surface area contributed by atoms with Gasteiger partial charge in [-0.1, -0.05) is 5.92 Å². The molecule has 1 N–H and O–H groups in total. The van der Waals surface area contributed by atoms with E-state index in [2.05, 4.69) is 15.9 Å². The van der Waals surface area contributed by atoms with Crippen LogP contribution >= 0.6 is 0 Å². The number of benzene rings is 1. The molecule has 2 aliphatic carbocycles. The zero-order valence-corrected chi connectivity index (χ0v) is 18.7. The number of terminal acetylenes is 1. The van der Waals surface area contributed by atoms with E-state index in [0.717, 1.165) is 42.1 Å². The molecule has 2 aliphatic rings. The maximum atomic E-state index is 13.9. The van der Waals surface area contributed by atoms with Gasteiger partial charge in [-0.3, -0.25) is 14.8 Å². The molecule has 3 aromatic rings. The molecule has 2 aromatic heterocycles. The minimum atomic E-state index is -1.38.